The maximum absolute atomic E-state index is 5.93. The van der Waals surface area contributed by atoms with E-state index in [2.05, 4.69) is 54.9 Å². The molecular formula is C14H25N3O2S. The second-order valence-electron chi connectivity index (χ2n) is 6.03. The van der Waals surface area contributed by atoms with Gasteiger partial charge in [0.2, 0.25) is 0 Å². The van der Waals surface area contributed by atoms with Crippen LogP contribution in [0, 0.1) is 0 Å². The lowest BCUT2D eigenvalue weighted by Crippen LogP contribution is -2.44. The molecule has 0 aromatic rings. The van der Waals surface area contributed by atoms with Crippen LogP contribution < -0.4 is 0 Å². The molecule has 0 aromatic carbocycles. The Morgan fingerprint density at radius 2 is 2.30 bits per heavy atom. The van der Waals surface area contributed by atoms with Crippen molar-refractivity contribution in [2.24, 2.45) is 4.99 Å². The van der Waals surface area contributed by atoms with Gasteiger partial charge in [0.1, 0.15) is 24.2 Å². The average molecular weight is 299 g/mol. The smallest absolute Gasteiger partial charge is 0.142 e. The van der Waals surface area contributed by atoms with Gasteiger partial charge in [-0.05, 0) is 26.8 Å². The van der Waals surface area contributed by atoms with Crippen LogP contribution in [0.25, 0.3) is 0 Å². The Hall–Kier alpha value is -0.720. The Morgan fingerprint density at radius 1 is 1.55 bits per heavy atom. The van der Waals surface area contributed by atoms with Crippen molar-refractivity contribution in [2.45, 2.75) is 38.0 Å². The molecule has 2 heterocycles. The van der Waals surface area contributed by atoms with Gasteiger partial charge < -0.3 is 19.3 Å². The Labute approximate surface area is 126 Å². The highest BCUT2D eigenvalue weighted by Gasteiger charge is 2.30. The molecule has 1 fully saturated rings. The molecule has 2 atom stereocenters. The van der Waals surface area contributed by atoms with E-state index in [1.165, 1.54) is 0 Å². The van der Waals surface area contributed by atoms with Gasteiger partial charge in [0.15, 0.2) is 0 Å². The fraction of sp³-hybridized carbons (Fsp3) is 0.786. The van der Waals surface area contributed by atoms with Crippen LogP contribution in [-0.4, -0.2) is 66.0 Å². The highest BCUT2D eigenvalue weighted by atomic mass is 32.2. The van der Waals surface area contributed by atoms with Gasteiger partial charge in [-0.25, -0.2) is 4.99 Å². The number of hydrogen-bond acceptors (Lipinski definition) is 6. The summed E-state index contributed by atoms with van der Waals surface area (Å²) >= 11 is 1.80. The number of methoxy groups -OCH3 is 1. The summed E-state index contributed by atoms with van der Waals surface area (Å²) in [4.78, 5) is 8.99. The van der Waals surface area contributed by atoms with Gasteiger partial charge in [0.05, 0.1) is 6.61 Å². The molecule has 0 N–H and O–H groups in total. The normalized spacial score (nSPS) is 26.9. The van der Waals surface area contributed by atoms with Crippen molar-refractivity contribution in [3.05, 3.63) is 12.3 Å². The van der Waals surface area contributed by atoms with Crippen molar-refractivity contribution in [3.8, 4) is 0 Å². The average Bonchev–Trinajstić information content (AvgIpc) is 2.86. The maximum atomic E-state index is 5.93. The van der Waals surface area contributed by atoms with E-state index in [1.54, 1.807) is 18.9 Å². The molecule has 1 saturated heterocycles. The zero-order valence-electron chi connectivity index (χ0n) is 13.0. The van der Waals surface area contributed by atoms with Crippen molar-refractivity contribution >= 4 is 17.6 Å². The minimum Gasteiger partial charge on any atom is -0.381 e. The summed E-state index contributed by atoms with van der Waals surface area (Å²) in [7, 11) is 3.78. The Bertz CT molecular complexity index is 392. The molecule has 5 nitrogen and oxygen atoms in total. The first-order valence-corrected chi connectivity index (χ1v) is 7.95. The summed E-state index contributed by atoms with van der Waals surface area (Å²) in [5.41, 5.74) is 0.218. The predicted octanol–water partition coefficient (Wildman–Crippen LogP) is 1.96. The molecule has 114 valence electrons. The number of rotatable bonds is 3. The first-order valence-electron chi connectivity index (χ1n) is 6.90. The van der Waals surface area contributed by atoms with Gasteiger partial charge in [0.25, 0.3) is 0 Å². The van der Waals surface area contributed by atoms with Crippen molar-refractivity contribution in [3.63, 3.8) is 0 Å². The molecule has 2 rings (SSSR count). The second kappa shape index (κ2) is 6.37. The maximum Gasteiger partial charge on any atom is 0.142 e. The van der Waals surface area contributed by atoms with Gasteiger partial charge in [0, 0.05) is 31.6 Å². The molecule has 20 heavy (non-hydrogen) atoms. The largest absolute Gasteiger partial charge is 0.381 e. The highest BCUT2D eigenvalue weighted by molar-refractivity contribution is 8.00. The standard InChI is InChI=1S/C14H25N3O2S/c1-14(2,3)16(4)11-6-7-17(10-15-11)12-9-20-13(19-12)8-18-5/h6-7,12-13H,8-10H2,1-5H3/t12-,13+/m1/s1. The Morgan fingerprint density at radius 3 is 2.85 bits per heavy atom. The summed E-state index contributed by atoms with van der Waals surface area (Å²) < 4.78 is 11.1. The molecule has 0 aliphatic carbocycles. The van der Waals surface area contributed by atoms with Crippen LogP contribution >= 0.6 is 11.8 Å². The summed E-state index contributed by atoms with van der Waals surface area (Å²) in [5.74, 6) is 1.98. The molecule has 2 aliphatic rings. The molecular weight excluding hydrogens is 274 g/mol. The molecule has 0 amide bonds. The van der Waals surface area contributed by atoms with Crippen molar-refractivity contribution in [1.82, 2.24) is 9.80 Å². The zero-order chi connectivity index (χ0) is 14.8. The number of thioether (sulfide) groups is 1. The first-order chi connectivity index (χ1) is 9.41. The zero-order valence-corrected chi connectivity index (χ0v) is 13.8. The molecule has 0 unspecified atom stereocenters. The van der Waals surface area contributed by atoms with E-state index < -0.39 is 0 Å². The fourth-order valence-electron chi connectivity index (χ4n) is 2.01. The number of hydrogen-bond donors (Lipinski definition) is 0. The monoisotopic (exact) mass is 299 g/mol. The second-order valence-corrected chi connectivity index (χ2v) is 7.22. The summed E-state index contributed by atoms with van der Waals surface area (Å²) in [6, 6.07) is 0. The van der Waals surface area contributed by atoms with E-state index in [4.69, 9.17) is 9.47 Å². The van der Waals surface area contributed by atoms with Gasteiger partial charge in [-0.2, -0.15) is 0 Å². The minimum absolute atomic E-state index is 0.0780. The van der Waals surface area contributed by atoms with Gasteiger partial charge in [-0.3, -0.25) is 0 Å². The molecule has 0 aromatic heterocycles. The number of nitrogens with zero attached hydrogens (tertiary/aromatic N) is 3. The minimum atomic E-state index is 0.0780. The predicted molar refractivity (Wildman–Crippen MR) is 83.8 cm³/mol. The van der Waals surface area contributed by atoms with E-state index >= 15 is 0 Å². The highest BCUT2D eigenvalue weighted by Crippen LogP contribution is 2.28. The number of amidine groups is 1. The summed E-state index contributed by atoms with van der Waals surface area (Å²) in [5, 5.41) is 0. The van der Waals surface area contributed by atoms with E-state index in [9.17, 15) is 0 Å². The molecule has 6 heteroatoms. The van der Waals surface area contributed by atoms with Crippen LogP contribution in [0.1, 0.15) is 20.8 Å². The van der Waals surface area contributed by atoms with Gasteiger partial charge in [-0.1, -0.05) is 0 Å². The van der Waals surface area contributed by atoms with Crippen LogP contribution in [0.15, 0.2) is 17.3 Å². The van der Waals surface area contributed by atoms with Crippen LogP contribution in [0.5, 0.6) is 0 Å². The first kappa shape index (κ1) is 15.7. The summed E-state index contributed by atoms with van der Waals surface area (Å²) in [6.07, 6.45) is 4.25. The van der Waals surface area contributed by atoms with Crippen molar-refractivity contribution in [1.29, 1.82) is 0 Å². The molecule has 0 spiro atoms. The fourth-order valence-corrected chi connectivity index (χ4v) is 3.09. The topological polar surface area (TPSA) is 37.3 Å². The SMILES string of the molecule is COC[C@H]1O[C@@H](N2C=CC(N(C)C(C)(C)C)=NC2)CS1. The molecule has 2 aliphatic heterocycles. The van der Waals surface area contributed by atoms with Crippen LogP contribution in [0.3, 0.4) is 0 Å². The van der Waals surface area contributed by atoms with Crippen LogP contribution in [0.4, 0.5) is 0 Å². The lowest BCUT2D eigenvalue weighted by atomic mass is 10.1. The lowest BCUT2D eigenvalue weighted by Gasteiger charge is -2.36. The summed E-state index contributed by atoms with van der Waals surface area (Å²) in [6.45, 7) is 7.84. The van der Waals surface area contributed by atoms with Crippen molar-refractivity contribution < 1.29 is 9.47 Å². The van der Waals surface area contributed by atoms with Crippen LogP contribution in [0.2, 0.25) is 0 Å². The Balaban J connectivity index is 1.89. The van der Waals surface area contributed by atoms with E-state index in [1.807, 2.05) is 0 Å². The van der Waals surface area contributed by atoms with E-state index in [-0.39, 0.29) is 17.2 Å². The van der Waals surface area contributed by atoms with E-state index in [0.717, 1.165) is 11.6 Å². The third-order valence-electron chi connectivity index (χ3n) is 3.57. The third-order valence-corrected chi connectivity index (χ3v) is 4.66. The molecule has 0 saturated carbocycles. The van der Waals surface area contributed by atoms with Gasteiger partial charge in [-0.15, -0.1) is 11.8 Å². The number of aliphatic imine (C=N–C) groups is 1. The number of likely N-dealkylation sites (N-methyl/N-ethyl adjacent to an activating group) is 1. The lowest BCUT2D eigenvalue weighted by molar-refractivity contribution is -0.0414. The molecule has 0 bridgehead atoms. The van der Waals surface area contributed by atoms with E-state index in [0.29, 0.717) is 13.3 Å². The van der Waals surface area contributed by atoms with Crippen LogP contribution in [-0.2, 0) is 9.47 Å². The Kier molecular flexibility index (Phi) is 4.99. The quantitative estimate of drug-likeness (QED) is 0.796. The van der Waals surface area contributed by atoms with Crippen molar-refractivity contribution in [2.75, 3.05) is 33.2 Å². The number of ether oxygens (including phenoxy) is 2. The molecule has 0 radical (unpaired) electrons. The van der Waals surface area contributed by atoms with Gasteiger partial charge >= 0.3 is 0 Å². The third kappa shape index (κ3) is 3.68.